The van der Waals surface area contributed by atoms with Crippen molar-refractivity contribution in [2.75, 3.05) is 0 Å². The summed E-state index contributed by atoms with van der Waals surface area (Å²) in [5, 5.41) is 9.48. The van der Waals surface area contributed by atoms with Crippen LogP contribution in [0.25, 0.3) is 0 Å². The minimum absolute atomic E-state index is 0.0581. The molecule has 2 aromatic rings. The topological polar surface area (TPSA) is 53.8 Å². The van der Waals surface area contributed by atoms with Gasteiger partial charge in [0.1, 0.15) is 5.92 Å². The zero-order valence-electron chi connectivity index (χ0n) is 13.3. The van der Waals surface area contributed by atoms with Gasteiger partial charge >= 0.3 is 6.18 Å². The van der Waals surface area contributed by atoms with E-state index in [-0.39, 0.29) is 11.5 Å². The van der Waals surface area contributed by atoms with E-state index >= 15 is 0 Å². The van der Waals surface area contributed by atoms with Crippen molar-refractivity contribution in [2.45, 2.75) is 36.8 Å². The van der Waals surface area contributed by atoms with Crippen LogP contribution in [-0.4, -0.2) is 10.8 Å². The quantitative estimate of drug-likeness (QED) is 0.826. The second-order valence-electron chi connectivity index (χ2n) is 6.20. The van der Waals surface area contributed by atoms with Crippen LogP contribution < -0.4 is 0 Å². The normalized spacial score (nSPS) is 17.2. The molecule has 0 aliphatic heterocycles. The Bertz CT molecular complexity index is 803. The van der Waals surface area contributed by atoms with Gasteiger partial charge in [-0.3, -0.25) is 9.78 Å². The van der Waals surface area contributed by atoms with E-state index in [4.69, 9.17) is 0 Å². The number of ketones is 1. The molecule has 1 aliphatic rings. The predicted molar refractivity (Wildman–Crippen MR) is 84.6 cm³/mol. The number of pyridine rings is 1. The molecule has 128 valence electrons. The highest BCUT2D eigenvalue weighted by molar-refractivity contribution is 5.98. The van der Waals surface area contributed by atoms with Crippen molar-refractivity contribution in [2.24, 2.45) is 0 Å². The summed E-state index contributed by atoms with van der Waals surface area (Å²) in [7, 11) is 0. The van der Waals surface area contributed by atoms with Crippen LogP contribution in [-0.2, 0) is 16.4 Å². The summed E-state index contributed by atoms with van der Waals surface area (Å²) in [6.45, 7) is 0. The van der Waals surface area contributed by atoms with Crippen molar-refractivity contribution in [3.63, 3.8) is 0 Å². The molecule has 1 heterocycles. The molecule has 0 saturated heterocycles. The first-order valence-electron chi connectivity index (χ1n) is 7.91. The highest BCUT2D eigenvalue weighted by Gasteiger charge is 2.48. The highest BCUT2D eigenvalue weighted by atomic mass is 19.4. The Balaban J connectivity index is 1.93. The number of nitriles is 1. The molecular weight excluding hydrogens is 329 g/mol. The van der Waals surface area contributed by atoms with E-state index in [0.717, 1.165) is 24.1 Å². The van der Waals surface area contributed by atoms with E-state index in [1.54, 1.807) is 0 Å². The molecule has 0 amide bonds. The molecule has 0 unspecified atom stereocenters. The lowest BCUT2D eigenvalue weighted by Crippen LogP contribution is -2.45. The van der Waals surface area contributed by atoms with Crippen LogP contribution in [0, 0.1) is 11.3 Å². The van der Waals surface area contributed by atoms with E-state index < -0.39 is 23.1 Å². The number of carbonyl (C=O) groups is 1. The lowest BCUT2D eigenvalue weighted by molar-refractivity contribution is -0.137. The van der Waals surface area contributed by atoms with Gasteiger partial charge in [-0.05, 0) is 30.5 Å². The predicted octanol–water partition coefficient (Wildman–Crippen LogP) is 4.40. The smallest absolute Gasteiger partial charge is 0.297 e. The maximum Gasteiger partial charge on any atom is 0.417 e. The number of nitrogens with zero attached hydrogens (tertiary/aromatic N) is 2. The number of alkyl halides is 3. The summed E-state index contributed by atoms with van der Waals surface area (Å²) in [6.07, 6.45) is -1.69. The number of hydrogen-bond acceptors (Lipinski definition) is 3. The van der Waals surface area contributed by atoms with Gasteiger partial charge in [0.2, 0.25) is 0 Å². The zero-order chi connectivity index (χ0) is 18.1. The first kappa shape index (κ1) is 17.2. The molecule has 3 nitrogen and oxygen atoms in total. The second kappa shape index (κ2) is 6.32. The van der Waals surface area contributed by atoms with Crippen molar-refractivity contribution in [1.29, 1.82) is 5.26 Å². The third kappa shape index (κ3) is 3.02. The molecule has 1 atom stereocenters. The molecule has 3 rings (SSSR count). The van der Waals surface area contributed by atoms with Crippen LogP contribution >= 0.6 is 0 Å². The standard InChI is InChI=1S/C19H15F3N2O/c20-19(21,22)14-7-8-16(24-12-14)15(11-23)17(25)18(9-4-10-18)13-5-2-1-3-6-13/h1-3,5-8,12,15H,4,9-10H2/t15-/m1/s1. The number of Topliss-reactive ketones (excluding diaryl/α,β-unsaturated/α-hetero) is 1. The van der Waals surface area contributed by atoms with Crippen LogP contribution in [0.4, 0.5) is 13.2 Å². The minimum Gasteiger partial charge on any atom is -0.297 e. The second-order valence-corrected chi connectivity index (χ2v) is 6.20. The van der Waals surface area contributed by atoms with Gasteiger partial charge in [-0.15, -0.1) is 0 Å². The number of aromatic nitrogens is 1. The van der Waals surface area contributed by atoms with Crippen molar-refractivity contribution in [3.05, 3.63) is 65.5 Å². The molecule has 1 saturated carbocycles. The monoisotopic (exact) mass is 344 g/mol. The molecule has 1 aromatic heterocycles. The van der Waals surface area contributed by atoms with Gasteiger partial charge in [-0.1, -0.05) is 36.8 Å². The Morgan fingerprint density at radius 2 is 1.84 bits per heavy atom. The van der Waals surface area contributed by atoms with Crippen molar-refractivity contribution in [3.8, 4) is 6.07 Å². The van der Waals surface area contributed by atoms with Crippen LogP contribution in [0.2, 0.25) is 0 Å². The molecule has 25 heavy (non-hydrogen) atoms. The first-order chi connectivity index (χ1) is 11.9. The maximum absolute atomic E-state index is 13.1. The number of rotatable bonds is 4. The number of halogens is 3. The average molecular weight is 344 g/mol. The summed E-state index contributed by atoms with van der Waals surface area (Å²) in [5.41, 5.74) is -0.741. The zero-order valence-corrected chi connectivity index (χ0v) is 13.3. The Kier molecular flexibility index (Phi) is 4.34. The van der Waals surface area contributed by atoms with Crippen molar-refractivity contribution < 1.29 is 18.0 Å². The van der Waals surface area contributed by atoms with E-state index in [2.05, 4.69) is 4.98 Å². The van der Waals surface area contributed by atoms with Gasteiger partial charge in [0.05, 0.1) is 22.7 Å². The Morgan fingerprint density at radius 1 is 1.16 bits per heavy atom. The van der Waals surface area contributed by atoms with E-state index in [1.165, 1.54) is 0 Å². The van der Waals surface area contributed by atoms with Gasteiger partial charge in [-0.25, -0.2) is 0 Å². The van der Waals surface area contributed by atoms with Gasteiger partial charge in [0.25, 0.3) is 0 Å². The summed E-state index contributed by atoms with van der Waals surface area (Å²) in [4.78, 5) is 16.8. The van der Waals surface area contributed by atoms with Gasteiger partial charge in [0.15, 0.2) is 5.78 Å². The van der Waals surface area contributed by atoms with Crippen LogP contribution in [0.5, 0.6) is 0 Å². The maximum atomic E-state index is 13.1. The molecule has 6 heteroatoms. The van der Waals surface area contributed by atoms with Crippen LogP contribution in [0.1, 0.15) is 42.0 Å². The first-order valence-corrected chi connectivity index (χ1v) is 7.91. The van der Waals surface area contributed by atoms with E-state index in [9.17, 15) is 23.2 Å². The minimum atomic E-state index is -4.50. The lowest BCUT2D eigenvalue weighted by atomic mass is 9.59. The highest BCUT2D eigenvalue weighted by Crippen LogP contribution is 2.47. The largest absolute Gasteiger partial charge is 0.417 e. The molecule has 1 fully saturated rings. The van der Waals surface area contributed by atoms with E-state index in [0.29, 0.717) is 19.0 Å². The van der Waals surface area contributed by atoms with Gasteiger partial charge in [0, 0.05) is 6.20 Å². The summed E-state index contributed by atoms with van der Waals surface area (Å²) in [5.74, 6) is -1.47. The number of hydrogen-bond donors (Lipinski definition) is 0. The van der Waals surface area contributed by atoms with E-state index in [1.807, 2.05) is 36.4 Å². The summed E-state index contributed by atoms with van der Waals surface area (Å²) >= 11 is 0. The SMILES string of the molecule is N#C[C@@H](C(=O)C1(c2ccccc2)CCC1)c1ccc(C(F)(F)F)cn1. The third-order valence-corrected chi connectivity index (χ3v) is 4.81. The molecule has 0 N–H and O–H groups in total. The van der Waals surface area contributed by atoms with Crippen molar-refractivity contribution >= 4 is 5.78 Å². The molecule has 1 aromatic carbocycles. The Morgan fingerprint density at radius 3 is 2.28 bits per heavy atom. The molecule has 0 spiro atoms. The summed E-state index contributed by atoms with van der Waals surface area (Å²) < 4.78 is 38.0. The molecule has 0 bridgehead atoms. The number of carbonyl (C=O) groups excluding carboxylic acids is 1. The molecular formula is C19H15F3N2O. The van der Waals surface area contributed by atoms with Gasteiger partial charge in [-0.2, -0.15) is 18.4 Å². The van der Waals surface area contributed by atoms with Crippen LogP contribution in [0.15, 0.2) is 48.7 Å². The third-order valence-electron chi connectivity index (χ3n) is 4.81. The fraction of sp³-hybridized carbons (Fsp3) is 0.316. The average Bonchev–Trinajstić information content (AvgIpc) is 2.55. The van der Waals surface area contributed by atoms with Gasteiger partial charge < -0.3 is 0 Å². The van der Waals surface area contributed by atoms with Crippen molar-refractivity contribution in [1.82, 2.24) is 4.98 Å². The molecule has 0 radical (unpaired) electrons. The Labute approximate surface area is 143 Å². The van der Waals surface area contributed by atoms with Crippen LogP contribution in [0.3, 0.4) is 0 Å². The Hall–Kier alpha value is -2.68. The number of benzene rings is 1. The fourth-order valence-corrected chi connectivity index (χ4v) is 3.24. The molecule has 1 aliphatic carbocycles. The lowest BCUT2D eigenvalue weighted by Gasteiger charge is -2.42. The summed E-state index contributed by atoms with van der Waals surface area (Å²) in [6, 6.07) is 13.1. The fourth-order valence-electron chi connectivity index (χ4n) is 3.24.